The number of hydrogen-bond acceptors (Lipinski definition) is 3. The van der Waals surface area contributed by atoms with E-state index in [-0.39, 0.29) is 0 Å². The maximum absolute atomic E-state index is 5.49. The quantitative estimate of drug-likeness (QED) is 0.946. The Bertz CT molecular complexity index is 509. The van der Waals surface area contributed by atoms with E-state index in [0.717, 1.165) is 27.8 Å². The van der Waals surface area contributed by atoms with Crippen molar-refractivity contribution in [1.82, 2.24) is 9.97 Å². The normalized spacial score (nSPS) is 10.5. The first-order chi connectivity index (χ1) is 8.20. The third-order valence-corrected chi connectivity index (χ3v) is 3.16. The first-order valence-corrected chi connectivity index (χ1v) is 6.27. The summed E-state index contributed by atoms with van der Waals surface area (Å²) in [5.41, 5.74) is 8.77. The summed E-state index contributed by atoms with van der Waals surface area (Å²) in [4.78, 5) is 8.72. The summed E-state index contributed by atoms with van der Waals surface area (Å²) in [5.74, 6) is 0.734. The van der Waals surface area contributed by atoms with Crippen molar-refractivity contribution in [3.8, 4) is 11.4 Å². The van der Waals surface area contributed by atoms with E-state index in [2.05, 4.69) is 45.0 Å². The number of hydrogen-bond donors (Lipinski definition) is 1. The minimum Gasteiger partial charge on any atom is -0.330 e. The Balaban J connectivity index is 2.33. The van der Waals surface area contributed by atoms with Gasteiger partial charge in [0.1, 0.15) is 0 Å². The Morgan fingerprint density at radius 3 is 2.53 bits per heavy atom. The lowest BCUT2D eigenvalue weighted by Gasteiger charge is -2.05. The predicted octanol–water partition coefficient (Wildman–Crippen LogP) is 2.72. The largest absolute Gasteiger partial charge is 0.330 e. The molecule has 1 aromatic heterocycles. The van der Waals surface area contributed by atoms with Crippen LogP contribution in [-0.4, -0.2) is 16.5 Å². The van der Waals surface area contributed by atoms with Crippen molar-refractivity contribution < 1.29 is 0 Å². The van der Waals surface area contributed by atoms with E-state index in [4.69, 9.17) is 5.73 Å². The van der Waals surface area contributed by atoms with Gasteiger partial charge in [-0.2, -0.15) is 0 Å². The summed E-state index contributed by atoms with van der Waals surface area (Å²) in [6.45, 7) is 2.68. The highest BCUT2D eigenvalue weighted by Crippen LogP contribution is 2.26. The van der Waals surface area contributed by atoms with Crippen LogP contribution in [0.15, 0.2) is 35.1 Å². The average molecular weight is 292 g/mol. The SMILES string of the molecule is Cc1ccc(-c2ncc(CCN)cn2)c(Br)c1. The van der Waals surface area contributed by atoms with Crippen LogP contribution in [0.2, 0.25) is 0 Å². The summed E-state index contributed by atoms with van der Waals surface area (Å²) in [5, 5.41) is 0. The van der Waals surface area contributed by atoms with Crippen LogP contribution in [0.25, 0.3) is 11.4 Å². The van der Waals surface area contributed by atoms with E-state index in [9.17, 15) is 0 Å². The van der Waals surface area contributed by atoms with Crippen molar-refractivity contribution in [3.05, 3.63) is 46.2 Å². The molecule has 0 bridgehead atoms. The number of halogens is 1. The van der Waals surface area contributed by atoms with E-state index in [1.165, 1.54) is 5.56 Å². The summed E-state index contributed by atoms with van der Waals surface area (Å²) >= 11 is 3.53. The van der Waals surface area contributed by atoms with Gasteiger partial charge >= 0.3 is 0 Å². The summed E-state index contributed by atoms with van der Waals surface area (Å²) < 4.78 is 1.02. The number of rotatable bonds is 3. The molecule has 3 nitrogen and oxygen atoms in total. The monoisotopic (exact) mass is 291 g/mol. The fraction of sp³-hybridized carbons (Fsp3) is 0.231. The molecule has 0 saturated heterocycles. The maximum atomic E-state index is 5.49. The lowest BCUT2D eigenvalue weighted by molar-refractivity contribution is 0.943. The first kappa shape index (κ1) is 12.2. The third kappa shape index (κ3) is 2.90. The topological polar surface area (TPSA) is 51.8 Å². The van der Waals surface area contributed by atoms with Crippen LogP contribution >= 0.6 is 15.9 Å². The molecule has 0 unspecified atom stereocenters. The molecule has 0 aliphatic carbocycles. The lowest BCUT2D eigenvalue weighted by Crippen LogP contribution is -2.03. The fourth-order valence-corrected chi connectivity index (χ4v) is 2.26. The minimum atomic E-state index is 0.622. The maximum Gasteiger partial charge on any atom is 0.160 e. The molecule has 0 saturated carbocycles. The zero-order valence-electron chi connectivity index (χ0n) is 9.65. The Hall–Kier alpha value is -1.26. The predicted molar refractivity (Wildman–Crippen MR) is 72.7 cm³/mol. The van der Waals surface area contributed by atoms with E-state index >= 15 is 0 Å². The van der Waals surface area contributed by atoms with E-state index in [1.54, 1.807) is 0 Å². The molecule has 4 heteroatoms. The molecule has 0 atom stereocenters. The number of aromatic nitrogens is 2. The average Bonchev–Trinajstić information content (AvgIpc) is 2.31. The van der Waals surface area contributed by atoms with Crippen molar-refractivity contribution in [2.24, 2.45) is 5.73 Å². The Labute approximate surface area is 109 Å². The number of nitrogens with zero attached hydrogens (tertiary/aromatic N) is 2. The van der Waals surface area contributed by atoms with E-state index < -0.39 is 0 Å². The van der Waals surface area contributed by atoms with Crippen LogP contribution in [0.3, 0.4) is 0 Å². The van der Waals surface area contributed by atoms with Crippen molar-refractivity contribution in [2.45, 2.75) is 13.3 Å². The van der Waals surface area contributed by atoms with Gasteiger partial charge in [-0.1, -0.05) is 22.0 Å². The highest BCUT2D eigenvalue weighted by atomic mass is 79.9. The molecule has 0 radical (unpaired) electrons. The highest BCUT2D eigenvalue weighted by molar-refractivity contribution is 9.10. The van der Waals surface area contributed by atoms with Gasteiger partial charge in [0.15, 0.2) is 5.82 Å². The van der Waals surface area contributed by atoms with Crippen LogP contribution in [-0.2, 0) is 6.42 Å². The minimum absolute atomic E-state index is 0.622. The molecule has 0 amide bonds. The van der Waals surface area contributed by atoms with E-state index in [0.29, 0.717) is 6.54 Å². The van der Waals surface area contributed by atoms with Crippen molar-refractivity contribution in [3.63, 3.8) is 0 Å². The molecule has 0 fully saturated rings. The van der Waals surface area contributed by atoms with Gasteiger partial charge in [0.2, 0.25) is 0 Å². The molecular weight excluding hydrogens is 278 g/mol. The second kappa shape index (κ2) is 5.38. The zero-order valence-corrected chi connectivity index (χ0v) is 11.2. The van der Waals surface area contributed by atoms with Crippen LogP contribution < -0.4 is 5.73 Å². The number of benzene rings is 1. The van der Waals surface area contributed by atoms with Crippen molar-refractivity contribution >= 4 is 15.9 Å². The summed E-state index contributed by atoms with van der Waals surface area (Å²) in [6.07, 6.45) is 4.48. The van der Waals surface area contributed by atoms with Gasteiger partial charge in [0, 0.05) is 22.4 Å². The van der Waals surface area contributed by atoms with Crippen LogP contribution in [0.1, 0.15) is 11.1 Å². The zero-order chi connectivity index (χ0) is 12.3. The van der Waals surface area contributed by atoms with Gasteiger partial charge in [0.05, 0.1) is 0 Å². The molecule has 1 aromatic carbocycles. The smallest absolute Gasteiger partial charge is 0.160 e. The van der Waals surface area contributed by atoms with Gasteiger partial charge in [-0.05, 0) is 43.1 Å². The fourth-order valence-electron chi connectivity index (χ4n) is 1.59. The van der Waals surface area contributed by atoms with E-state index in [1.807, 2.05) is 18.5 Å². The molecule has 1 heterocycles. The number of nitrogens with two attached hydrogens (primary N) is 1. The second-order valence-electron chi connectivity index (χ2n) is 3.94. The Morgan fingerprint density at radius 2 is 1.94 bits per heavy atom. The van der Waals surface area contributed by atoms with Gasteiger partial charge in [-0.3, -0.25) is 0 Å². The Kier molecular flexibility index (Phi) is 3.86. The second-order valence-corrected chi connectivity index (χ2v) is 4.79. The van der Waals surface area contributed by atoms with Gasteiger partial charge in [0.25, 0.3) is 0 Å². The van der Waals surface area contributed by atoms with Gasteiger partial charge in [-0.25, -0.2) is 9.97 Å². The lowest BCUT2D eigenvalue weighted by atomic mass is 10.1. The molecule has 17 heavy (non-hydrogen) atoms. The summed E-state index contributed by atoms with van der Waals surface area (Å²) in [7, 11) is 0. The van der Waals surface area contributed by atoms with Gasteiger partial charge in [-0.15, -0.1) is 0 Å². The van der Waals surface area contributed by atoms with Crippen LogP contribution in [0.5, 0.6) is 0 Å². The summed E-state index contributed by atoms with van der Waals surface area (Å²) in [6, 6.07) is 6.14. The van der Waals surface area contributed by atoms with Crippen molar-refractivity contribution in [1.29, 1.82) is 0 Å². The molecular formula is C13H14BrN3. The first-order valence-electron chi connectivity index (χ1n) is 5.48. The molecule has 0 spiro atoms. The molecule has 0 aliphatic rings. The molecule has 2 N–H and O–H groups in total. The van der Waals surface area contributed by atoms with Crippen molar-refractivity contribution in [2.75, 3.05) is 6.54 Å². The standard InChI is InChI=1S/C13H14BrN3/c1-9-2-3-11(12(14)6-9)13-16-7-10(4-5-15)8-17-13/h2-3,6-8H,4-5,15H2,1H3. The third-order valence-electron chi connectivity index (χ3n) is 2.50. The van der Waals surface area contributed by atoms with Gasteiger partial charge < -0.3 is 5.73 Å². The highest BCUT2D eigenvalue weighted by Gasteiger charge is 2.05. The molecule has 2 rings (SSSR count). The van der Waals surface area contributed by atoms with Crippen LogP contribution in [0, 0.1) is 6.92 Å². The molecule has 88 valence electrons. The number of aryl methyl sites for hydroxylation is 1. The molecule has 0 aliphatic heterocycles. The van der Waals surface area contributed by atoms with Crippen LogP contribution in [0.4, 0.5) is 0 Å². The Morgan fingerprint density at radius 1 is 1.24 bits per heavy atom. The molecule has 2 aromatic rings.